The molecule has 36 heavy (non-hydrogen) atoms. The first-order chi connectivity index (χ1) is 17.5. The smallest absolute Gasteiger partial charge is 0.249 e. The van der Waals surface area contributed by atoms with E-state index < -0.39 is 6.04 Å². The van der Waals surface area contributed by atoms with Gasteiger partial charge in [-0.15, -0.1) is 5.10 Å². The van der Waals surface area contributed by atoms with E-state index in [0.29, 0.717) is 35.7 Å². The van der Waals surface area contributed by atoms with E-state index in [9.17, 15) is 9.59 Å². The van der Waals surface area contributed by atoms with Crippen LogP contribution in [0.15, 0.2) is 72.8 Å². The number of aromatic nitrogens is 3. The van der Waals surface area contributed by atoms with Crippen molar-refractivity contribution in [1.82, 2.24) is 20.3 Å². The van der Waals surface area contributed by atoms with Crippen molar-refractivity contribution < 1.29 is 19.1 Å². The Balaban J connectivity index is 1.77. The Hall–Kier alpha value is -4.24. The van der Waals surface area contributed by atoms with Crippen LogP contribution in [-0.4, -0.2) is 54.2 Å². The fourth-order valence-corrected chi connectivity index (χ4v) is 4.03. The first-order valence-electron chi connectivity index (χ1n) is 11.6. The van der Waals surface area contributed by atoms with E-state index in [0.717, 1.165) is 11.1 Å². The number of para-hydroxylation sites is 1. The molecule has 0 bridgehead atoms. The lowest BCUT2D eigenvalue weighted by Crippen LogP contribution is -2.46. The monoisotopic (exact) mass is 487 g/mol. The van der Waals surface area contributed by atoms with Crippen LogP contribution < -0.4 is 15.0 Å². The van der Waals surface area contributed by atoms with Crippen LogP contribution >= 0.6 is 0 Å². The predicted molar refractivity (Wildman–Crippen MR) is 137 cm³/mol. The average molecular weight is 488 g/mol. The molecule has 0 fully saturated rings. The number of rotatable bonds is 10. The molecule has 1 unspecified atom stereocenters. The normalized spacial score (nSPS) is 11.8. The van der Waals surface area contributed by atoms with Crippen LogP contribution in [0.2, 0.25) is 0 Å². The number of carbonyl (C=O) groups is 2. The van der Waals surface area contributed by atoms with Crippen LogP contribution in [0.25, 0.3) is 11.0 Å². The average Bonchev–Trinajstić information content (AvgIpc) is 3.30. The van der Waals surface area contributed by atoms with E-state index in [1.807, 2.05) is 55.5 Å². The lowest BCUT2D eigenvalue weighted by molar-refractivity contribution is -0.127. The largest absolute Gasteiger partial charge is 0.497 e. The lowest BCUT2D eigenvalue weighted by Gasteiger charge is -2.32. The SMILES string of the molecule is COCCNC(=O)C(c1ccc(OC)cc1)N(C(=O)Cn1nnc2ccccc21)c1cccc(C)c1. The van der Waals surface area contributed by atoms with Crippen molar-refractivity contribution in [3.05, 3.63) is 83.9 Å². The Bertz CT molecular complexity index is 1340. The van der Waals surface area contributed by atoms with Gasteiger partial charge in [0.15, 0.2) is 0 Å². The summed E-state index contributed by atoms with van der Waals surface area (Å²) in [5.74, 6) is 0.0225. The van der Waals surface area contributed by atoms with E-state index in [1.54, 1.807) is 43.2 Å². The second-order valence-corrected chi connectivity index (χ2v) is 8.30. The molecule has 0 aliphatic rings. The minimum atomic E-state index is -0.933. The van der Waals surface area contributed by atoms with Gasteiger partial charge in [0.05, 0.1) is 19.2 Å². The molecule has 3 aromatic carbocycles. The van der Waals surface area contributed by atoms with Crippen molar-refractivity contribution in [2.45, 2.75) is 19.5 Å². The maximum atomic E-state index is 13.9. The van der Waals surface area contributed by atoms with Crippen LogP contribution in [0.5, 0.6) is 5.75 Å². The van der Waals surface area contributed by atoms with Crippen molar-refractivity contribution in [3.63, 3.8) is 0 Å². The fraction of sp³-hybridized carbons (Fsp3) is 0.259. The molecule has 0 aliphatic heterocycles. The third-order valence-electron chi connectivity index (χ3n) is 5.80. The maximum absolute atomic E-state index is 13.9. The molecule has 9 nitrogen and oxygen atoms in total. The van der Waals surface area contributed by atoms with Crippen LogP contribution in [0.4, 0.5) is 5.69 Å². The molecule has 186 valence electrons. The molecule has 0 saturated heterocycles. The zero-order valence-electron chi connectivity index (χ0n) is 20.5. The molecule has 1 aromatic heterocycles. The fourth-order valence-electron chi connectivity index (χ4n) is 4.03. The zero-order chi connectivity index (χ0) is 25.5. The summed E-state index contributed by atoms with van der Waals surface area (Å²) >= 11 is 0. The molecular formula is C27H29N5O4. The topological polar surface area (TPSA) is 98.6 Å². The minimum absolute atomic E-state index is 0.0908. The predicted octanol–water partition coefficient (Wildman–Crippen LogP) is 3.29. The molecular weight excluding hydrogens is 458 g/mol. The van der Waals surface area contributed by atoms with E-state index in [4.69, 9.17) is 9.47 Å². The summed E-state index contributed by atoms with van der Waals surface area (Å²) in [5.41, 5.74) is 3.64. The molecule has 2 amide bonds. The molecule has 4 aromatic rings. The number of hydrogen-bond donors (Lipinski definition) is 1. The van der Waals surface area contributed by atoms with E-state index in [1.165, 1.54) is 4.90 Å². The molecule has 0 spiro atoms. The van der Waals surface area contributed by atoms with Gasteiger partial charge in [0.1, 0.15) is 23.9 Å². The maximum Gasteiger partial charge on any atom is 0.249 e. The van der Waals surface area contributed by atoms with E-state index in [2.05, 4.69) is 15.6 Å². The number of amides is 2. The van der Waals surface area contributed by atoms with Gasteiger partial charge in [-0.1, -0.05) is 41.6 Å². The Morgan fingerprint density at radius 1 is 1.03 bits per heavy atom. The second kappa shape index (κ2) is 11.5. The van der Waals surface area contributed by atoms with Gasteiger partial charge in [-0.2, -0.15) is 0 Å². The quantitative estimate of drug-likeness (QED) is 0.345. The van der Waals surface area contributed by atoms with Gasteiger partial charge >= 0.3 is 0 Å². The van der Waals surface area contributed by atoms with Gasteiger partial charge < -0.3 is 14.8 Å². The molecule has 1 atom stereocenters. The van der Waals surface area contributed by atoms with Crippen molar-refractivity contribution in [2.24, 2.45) is 0 Å². The molecule has 0 aliphatic carbocycles. The Morgan fingerprint density at radius 2 is 1.81 bits per heavy atom. The number of aryl methyl sites for hydroxylation is 1. The standard InChI is InChI=1S/C27H29N5O4/c1-19-7-6-8-21(17-19)32(25(33)18-31-24-10-5-4-9-23(24)29-30-31)26(27(34)28-15-16-35-2)20-11-13-22(36-3)14-12-20/h4-14,17,26H,15-16,18H2,1-3H3,(H,28,34). The number of fused-ring (bicyclic) bond motifs is 1. The van der Waals surface area contributed by atoms with Crippen molar-refractivity contribution in [1.29, 1.82) is 0 Å². The molecule has 1 heterocycles. The lowest BCUT2D eigenvalue weighted by atomic mass is 10.0. The molecule has 4 rings (SSSR count). The van der Waals surface area contributed by atoms with Crippen LogP contribution in [0.3, 0.4) is 0 Å². The number of nitrogens with one attached hydrogen (secondary N) is 1. The highest BCUT2D eigenvalue weighted by atomic mass is 16.5. The Labute approximate surface area is 209 Å². The number of nitrogens with zero attached hydrogens (tertiary/aromatic N) is 4. The van der Waals surface area contributed by atoms with Crippen LogP contribution in [0.1, 0.15) is 17.2 Å². The highest BCUT2D eigenvalue weighted by molar-refractivity contribution is 6.01. The second-order valence-electron chi connectivity index (χ2n) is 8.30. The number of benzene rings is 3. The highest BCUT2D eigenvalue weighted by Crippen LogP contribution is 2.30. The Morgan fingerprint density at radius 3 is 2.53 bits per heavy atom. The molecule has 9 heteroatoms. The number of anilines is 1. The number of carbonyl (C=O) groups excluding carboxylic acids is 2. The first kappa shape index (κ1) is 24.9. The summed E-state index contributed by atoms with van der Waals surface area (Å²) in [5, 5.41) is 11.2. The molecule has 1 N–H and O–H groups in total. The van der Waals surface area contributed by atoms with Gasteiger partial charge in [0.25, 0.3) is 0 Å². The molecule has 0 radical (unpaired) electrons. The summed E-state index contributed by atoms with van der Waals surface area (Å²) < 4.78 is 11.9. The van der Waals surface area contributed by atoms with Gasteiger partial charge in [0.2, 0.25) is 11.8 Å². The number of methoxy groups -OCH3 is 2. The van der Waals surface area contributed by atoms with Crippen molar-refractivity contribution in [3.8, 4) is 5.75 Å². The summed E-state index contributed by atoms with van der Waals surface area (Å²) in [6.07, 6.45) is 0. The number of hydrogen-bond acceptors (Lipinski definition) is 6. The summed E-state index contributed by atoms with van der Waals surface area (Å²) in [6, 6.07) is 21.1. The third-order valence-corrected chi connectivity index (χ3v) is 5.80. The van der Waals surface area contributed by atoms with Gasteiger partial charge in [0, 0.05) is 19.3 Å². The summed E-state index contributed by atoms with van der Waals surface area (Å²) in [6.45, 7) is 2.51. The van der Waals surface area contributed by atoms with Gasteiger partial charge in [-0.25, -0.2) is 4.68 Å². The summed E-state index contributed by atoms with van der Waals surface area (Å²) in [7, 11) is 3.15. The zero-order valence-corrected chi connectivity index (χ0v) is 20.5. The first-order valence-corrected chi connectivity index (χ1v) is 11.6. The van der Waals surface area contributed by atoms with Gasteiger partial charge in [-0.05, 0) is 54.4 Å². The van der Waals surface area contributed by atoms with Gasteiger partial charge in [-0.3, -0.25) is 14.5 Å². The summed E-state index contributed by atoms with van der Waals surface area (Å²) in [4.78, 5) is 29.0. The van der Waals surface area contributed by atoms with Crippen LogP contribution in [0, 0.1) is 6.92 Å². The Kier molecular flexibility index (Phi) is 7.92. The van der Waals surface area contributed by atoms with E-state index in [-0.39, 0.29) is 18.4 Å². The van der Waals surface area contributed by atoms with Crippen molar-refractivity contribution in [2.75, 3.05) is 32.3 Å². The highest BCUT2D eigenvalue weighted by Gasteiger charge is 2.33. The third kappa shape index (κ3) is 5.52. The molecule has 0 saturated carbocycles. The van der Waals surface area contributed by atoms with E-state index >= 15 is 0 Å². The van der Waals surface area contributed by atoms with Crippen LogP contribution in [-0.2, 0) is 20.9 Å². The number of ether oxygens (including phenoxy) is 2. The van der Waals surface area contributed by atoms with Crippen molar-refractivity contribution >= 4 is 28.5 Å². The minimum Gasteiger partial charge on any atom is -0.497 e.